The maximum atomic E-state index is 13.2. The molecule has 0 amide bonds. The largest absolute Gasteiger partial charge is 0.310 e. The van der Waals surface area contributed by atoms with Gasteiger partial charge in [0, 0.05) is 12.6 Å². The molecule has 0 aromatic heterocycles. The Morgan fingerprint density at radius 2 is 2.19 bits per heavy atom. The van der Waals surface area contributed by atoms with Gasteiger partial charge < -0.3 is 5.32 Å². The second-order valence-electron chi connectivity index (χ2n) is 4.17. The zero-order chi connectivity index (χ0) is 12.0. The molecule has 16 heavy (non-hydrogen) atoms. The Labute approximate surface area is 106 Å². The summed E-state index contributed by atoms with van der Waals surface area (Å²) < 4.78 is 13.8. The van der Waals surface area contributed by atoms with Crippen LogP contribution in [0, 0.1) is 5.82 Å². The van der Waals surface area contributed by atoms with Gasteiger partial charge in [0.05, 0.1) is 4.47 Å². The van der Waals surface area contributed by atoms with E-state index in [9.17, 15) is 4.39 Å². The molecule has 1 aromatic carbocycles. The van der Waals surface area contributed by atoms with E-state index in [2.05, 4.69) is 35.1 Å². The Hall–Kier alpha value is -0.410. The summed E-state index contributed by atoms with van der Waals surface area (Å²) >= 11 is 3.15. The molecule has 0 bridgehead atoms. The SMILES string of the molecule is CCCCC(C)NCc1ccc(Br)c(F)c1. The molecule has 0 aliphatic carbocycles. The van der Waals surface area contributed by atoms with E-state index in [1.807, 2.05) is 6.07 Å². The van der Waals surface area contributed by atoms with Gasteiger partial charge in [-0.3, -0.25) is 0 Å². The molecule has 1 unspecified atom stereocenters. The highest BCUT2D eigenvalue weighted by molar-refractivity contribution is 9.10. The minimum atomic E-state index is -0.194. The van der Waals surface area contributed by atoms with Crippen LogP contribution in [0.2, 0.25) is 0 Å². The minimum Gasteiger partial charge on any atom is -0.310 e. The first-order valence-electron chi connectivity index (χ1n) is 5.80. The van der Waals surface area contributed by atoms with E-state index in [-0.39, 0.29) is 5.82 Å². The summed E-state index contributed by atoms with van der Waals surface area (Å²) in [7, 11) is 0. The molecule has 0 saturated carbocycles. The summed E-state index contributed by atoms with van der Waals surface area (Å²) in [6.07, 6.45) is 3.64. The van der Waals surface area contributed by atoms with Gasteiger partial charge >= 0.3 is 0 Å². The molecule has 1 aromatic rings. The van der Waals surface area contributed by atoms with Crippen molar-refractivity contribution in [3.8, 4) is 0 Å². The molecule has 1 nitrogen and oxygen atoms in total. The third-order valence-electron chi connectivity index (χ3n) is 2.63. The molecule has 1 rings (SSSR count). The summed E-state index contributed by atoms with van der Waals surface area (Å²) in [6, 6.07) is 5.76. The Kier molecular flexibility index (Phi) is 5.99. The molecule has 3 heteroatoms. The van der Waals surface area contributed by atoms with Gasteiger partial charge in [0.1, 0.15) is 5.82 Å². The van der Waals surface area contributed by atoms with Crippen LogP contribution in [0.3, 0.4) is 0 Å². The van der Waals surface area contributed by atoms with Gasteiger partial charge in [0.25, 0.3) is 0 Å². The van der Waals surface area contributed by atoms with Crippen molar-refractivity contribution >= 4 is 15.9 Å². The number of halogens is 2. The minimum absolute atomic E-state index is 0.194. The Balaban J connectivity index is 2.39. The number of rotatable bonds is 6. The van der Waals surface area contributed by atoms with Crippen molar-refractivity contribution < 1.29 is 4.39 Å². The van der Waals surface area contributed by atoms with Crippen LogP contribution in [0.15, 0.2) is 22.7 Å². The second-order valence-corrected chi connectivity index (χ2v) is 5.03. The molecular weight excluding hydrogens is 269 g/mol. The number of benzene rings is 1. The average molecular weight is 288 g/mol. The normalized spacial score (nSPS) is 12.8. The van der Waals surface area contributed by atoms with E-state index < -0.39 is 0 Å². The van der Waals surface area contributed by atoms with Crippen molar-refractivity contribution in [2.45, 2.75) is 45.7 Å². The van der Waals surface area contributed by atoms with Crippen LogP contribution >= 0.6 is 15.9 Å². The Morgan fingerprint density at radius 3 is 2.81 bits per heavy atom. The van der Waals surface area contributed by atoms with E-state index in [1.54, 1.807) is 12.1 Å². The first-order valence-corrected chi connectivity index (χ1v) is 6.60. The molecular formula is C13H19BrFN. The van der Waals surface area contributed by atoms with Crippen molar-refractivity contribution in [2.75, 3.05) is 0 Å². The summed E-state index contributed by atoms with van der Waals surface area (Å²) in [5.74, 6) is -0.194. The highest BCUT2D eigenvalue weighted by Gasteiger charge is 2.03. The van der Waals surface area contributed by atoms with E-state index in [1.165, 1.54) is 19.3 Å². The van der Waals surface area contributed by atoms with E-state index in [0.717, 1.165) is 12.1 Å². The fourth-order valence-corrected chi connectivity index (χ4v) is 1.80. The molecule has 1 atom stereocenters. The molecule has 0 radical (unpaired) electrons. The van der Waals surface area contributed by atoms with Crippen LogP contribution in [0.1, 0.15) is 38.7 Å². The molecule has 0 fully saturated rings. The summed E-state index contributed by atoms with van der Waals surface area (Å²) in [5.41, 5.74) is 0.990. The Bertz CT molecular complexity index is 328. The first-order chi connectivity index (χ1) is 7.63. The van der Waals surface area contributed by atoms with Gasteiger partial charge in [0.15, 0.2) is 0 Å². The summed E-state index contributed by atoms with van der Waals surface area (Å²) in [5, 5.41) is 3.40. The smallest absolute Gasteiger partial charge is 0.137 e. The van der Waals surface area contributed by atoms with Gasteiger partial charge in [-0.25, -0.2) is 4.39 Å². The van der Waals surface area contributed by atoms with Crippen molar-refractivity contribution in [2.24, 2.45) is 0 Å². The second kappa shape index (κ2) is 7.02. The lowest BCUT2D eigenvalue weighted by Gasteiger charge is -2.13. The molecule has 0 heterocycles. The lowest BCUT2D eigenvalue weighted by Crippen LogP contribution is -2.25. The maximum Gasteiger partial charge on any atom is 0.137 e. The molecule has 0 aliphatic heterocycles. The topological polar surface area (TPSA) is 12.0 Å². The lowest BCUT2D eigenvalue weighted by atomic mass is 10.1. The predicted molar refractivity (Wildman–Crippen MR) is 69.9 cm³/mol. The zero-order valence-electron chi connectivity index (χ0n) is 9.89. The van der Waals surface area contributed by atoms with Crippen LogP contribution in [0.5, 0.6) is 0 Å². The quantitative estimate of drug-likeness (QED) is 0.825. The standard InChI is InChI=1S/C13H19BrFN/c1-3-4-5-10(2)16-9-11-6-7-12(14)13(15)8-11/h6-8,10,16H,3-5,9H2,1-2H3. The van der Waals surface area contributed by atoms with Crippen LogP contribution in [0.4, 0.5) is 4.39 Å². The van der Waals surface area contributed by atoms with Crippen LogP contribution in [-0.2, 0) is 6.54 Å². The van der Waals surface area contributed by atoms with Gasteiger partial charge in [-0.15, -0.1) is 0 Å². The van der Waals surface area contributed by atoms with Crippen molar-refractivity contribution in [1.82, 2.24) is 5.32 Å². The molecule has 0 saturated heterocycles. The Morgan fingerprint density at radius 1 is 1.44 bits per heavy atom. The van der Waals surface area contributed by atoms with Crippen molar-refractivity contribution in [3.05, 3.63) is 34.1 Å². The first kappa shape index (κ1) is 13.7. The lowest BCUT2D eigenvalue weighted by molar-refractivity contribution is 0.493. The number of hydrogen-bond acceptors (Lipinski definition) is 1. The maximum absolute atomic E-state index is 13.2. The van der Waals surface area contributed by atoms with Crippen molar-refractivity contribution in [1.29, 1.82) is 0 Å². The number of hydrogen-bond donors (Lipinski definition) is 1. The van der Waals surface area contributed by atoms with Crippen molar-refractivity contribution in [3.63, 3.8) is 0 Å². The molecule has 0 spiro atoms. The highest BCUT2D eigenvalue weighted by Crippen LogP contribution is 2.16. The number of unbranched alkanes of at least 4 members (excludes halogenated alkanes) is 1. The molecule has 90 valence electrons. The van der Waals surface area contributed by atoms with Crippen LogP contribution in [0.25, 0.3) is 0 Å². The van der Waals surface area contributed by atoms with E-state index >= 15 is 0 Å². The molecule has 0 aliphatic rings. The molecule has 1 N–H and O–H groups in total. The summed E-state index contributed by atoms with van der Waals surface area (Å²) in [4.78, 5) is 0. The van der Waals surface area contributed by atoms with Gasteiger partial charge in [-0.05, 0) is 47.0 Å². The van der Waals surface area contributed by atoms with Crippen LogP contribution < -0.4 is 5.32 Å². The van der Waals surface area contributed by atoms with Gasteiger partial charge in [-0.2, -0.15) is 0 Å². The fraction of sp³-hybridized carbons (Fsp3) is 0.538. The van der Waals surface area contributed by atoms with E-state index in [4.69, 9.17) is 0 Å². The highest BCUT2D eigenvalue weighted by atomic mass is 79.9. The fourth-order valence-electron chi connectivity index (χ4n) is 1.55. The average Bonchev–Trinajstić information content (AvgIpc) is 2.28. The third-order valence-corrected chi connectivity index (χ3v) is 3.27. The zero-order valence-corrected chi connectivity index (χ0v) is 11.5. The number of nitrogens with one attached hydrogen (secondary N) is 1. The van der Waals surface area contributed by atoms with E-state index in [0.29, 0.717) is 10.5 Å². The van der Waals surface area contributed by atoms with Gasteiger partial charge in [0.2, 0.25) is 0 Å². The third kappa shape index (κ3) is 4.62. The van der Waals surface area contributed by atoms with Crippen LogP contribution in [-0.4, -0.2) is 6.04 Å². The summed E-state index contributed by atoms with van der Waals surface area (Å²) in [6.45, 7) is 5.09. The van der Waals surface area contributed by atoms with Gasteiger partial charge in [-0.1, -0.05) is 25.8 Å². The monoisotopic (exact) mass is 287 g/mol. The predicted octanol–water partition coefficient (Wildman–Crippen LogP) is 4.26.